The molecule has 1 aliphatic rings. The Labute approximate surface area is 101 Å². The number of hydrogen-bond acceptors (Lipinski definition) is 4. The molecule has 0 atom stereocenters. The van der Waals surface area contributed by atoms with Crippen molar-refractivity contribution in [3.63, 3.8) is 0 Å². The largest absolute Gasteiger partial charge is 0.366 e. The molecule has 0 unspecified atom stereocenters. The minimum atomic E-state index is 0.510. The van der Waals surface area contributed by atoms with Crippen molar-refractivity contribution in [3.05, 3.63) is 9.88 Å². The van der Waals surface area contributed by atoms with Crippen molar-refractivity contribution in [1.29, 1.82) is 5.26 Å². The average molecular weight is 235 g/mol. The molecule has 0 aliphatic heterocycles. The van der Waals surface area contributed by atoms with E-state index in [4.69, 9.17) is 5.26 Å². The summed E-state index contributed by atoms with van der Waals surface area (Å²) in [4.78, 5) is 5.11. The zero-order valence-corrected chi connectivity index (χ0v) is 10.4. The number of rotatable bonds is 2. The Morgan fingerprint density at radius 3 is 2.62 bits per heavy atom. The van der Waals surface area contributed by atoms with Gasteiger partial charge in [0.25, 0.3) is 0 Å². The van der Waals surface area contributed by atoms with Gasteiger partial charge in [0.2, 0.25) is 0 Å². The van der Waals surface area contributed by atoms with Crippen molar-refractivity contribution in [2.45, 2.75) is 51.5 Å². The highest BCUT2D eigenvalue weighted by Gasteiger charge is 2.15. The first-order valence-electron chi connectivity index (χ1n) is 5.93. The molecule has 1 fully saturated rings. The van der Waals surface area contributed by atoms with E-state index in [-0.39, 0.29) is 0 Å². The van der Waals surface area contributed by atoms with Gasteiger partial charge in [-0.1, -0.05) is 25.7 Å². The van der Waals surface area contributed by atoms with Crippen LogP contribution in [-0.2, 0) is 0 Å². The summed E-state index contributed by atoms with van der Waals surface area (Å²) in [5, 5.41) is 13.4. The molecule has 1 aliphatic carbocycles. The van der Waals surface area contributed by atoms with Gasteiger partial charge in [-0.05, 0) is 19.8 Å². The molecule has 1 aromatic heterocycles. The van der Waals surface area contributed by atoms with Gasteiger partial charge in [0, 0.05) is 6.04 Å². The van der Waals surface area contributed by atoms with Crippen LogP contribution in [-0.4, -0.2) is 11.0 Å². The summed E-state index contributed by atoms with van der Waals surface area (Å²) in [5.74, 6) is 0.803. The van der Waals surface area contributed by atoms with Crippen molar-refractivity contribution < 1.29 is 0 Å². The van der Waals surface area contributed by atoms with Crippen LogP contribution in [0.5, 0.6) is 0 Å². The van der Waals surface area contributed by atoms with E-state index in [1.807, 2.05) is 6.92 Å². The van der Waals surface area contributed by atoms with Crippen molar-refractivity contribution in [2.75, 3.05) is 5.32 Å². The smallest absolute Gasteiger partial charge is 0.155 e. The van der Waals surface area contributed by atoms with Crippen LogP contribution >= 0.6 is 11.3 Å². The standard InChI is InChI=1S/C12H17N3S/c1-9-14-12(11(8-13)16-9)15-10-6-4-2-3-5-7-10/h10,15H,2-7H2,1H3. The molecule has 0 saturated heterocycles. The number of anilines is 1. The maximum Gasteiger partial charge on any atom is 0.155 e. The SMILES string of the molecule is Cc1nc(NC2CCCCCC2)c(C#N)s1. The van der Waals surface area contributed by atoms with E-state index in [0.717, 1.165) is 15.7 Å². The molecule has 1 N–H and O–H groups in total. The number of nitrogens with zero attached hydrogens (tertiary/aromatic N) is 2. The molecule has 86 valence electrons. The highest BCUT2D eigenvalue weighted by atomic mass is 32.1. The summed E-state index contributed by atoms with van der Waals surface area (Å²) in [6, 6.07) is 2.73. The van der Waals surface area contributed by atoms with Gasteiger partial charge < -0.3 is 5.32 Å². The lowest BCUT2D eigenvalue weighted by molar-refractivity contribution is 0.618. The van der Waals surface area contributed by atoms with Crippen LogP contribution in [0.4, 0.5) is 5.82 Å². The minimum absolute atomic E-state index is 0.510. The lowest BCUT2D eigenvalue weighted by Gasteiger charge is -2.15. The maximum atomic E-state index is 9.00. The number of aromatic nitrogens is 1. The zero-order chi connectivity index (χ0) is 11.4. The highest BCUT2D eigenvalue weighted by Crippen LogP contribution is 2.25. The maximum absolute atomic E-state index is 9.00. The molecular weight excluding hydrogens is 218 g/mol. The van der Waals surface area contributed by atoms with Crippen molar-refractivity contribution in [1.82, 2.24) is 4.98 Å². The first-order valence-corrected chi connectivity index (χ1v) is 6.75. The van der Waals surface area contributed by atoms with Gasteiger partial charge in [-0.15, -0.1) is 11.3 Å². The number of nitrogens with one attached hydrogen (secondary N) is 1. The lowest BCUT2D eigenvalue weighted by Crippen LogP contribution is -2.19. The second kappa shape index (κ2) is 5.31. The molecule has 3 nitrogen and oxygen atoms in total. The molecule has 1 aromatic rings. The van der Waals surface area contributed by atoms with Gasteiger partial charge in [-0.2, -0.15) is 5.26 Å². The Balaban J connectivity index is 2.04. The fourth-order valence-electron chi connectivity index (χ4n) is 2.22. The fourth-order valence-corrected chi connectivity index (χ4v) is 2.90. The predicted molar refractivity (Wildman–Crippen MR) is 66.7 cm³/mol. The second-order valence-electron chi connectivity index (χ2n) is 4.36. The van der Waals surface area contributed by atoms with Gasteiger partial charge in [0.05, 0.1) is 5.01 Å². The number of thiazole rings is 1. The number of hydrogen-bond donors (Lipinski definition) is 1. The molecule has 4 heteroatoms. The highest BCUT2D eigenvalue weighted by molar-refractivity contribution is 7.12. The number of nitriles is 1. The van der Waals surface area contributed by atoms with Crippen LogP contribution in [0.15, 0.2) is 0 Å². The molecule has 1 saturated carbocycles. The fraction of sp³-hybridized carbons (Fsp3) is 0.667. The van der Waals surface area contributed by atoms with Gasteiger partial charge in [0.15, 0.2) is 5.82 Å². The Kier molecular flexibility index (Phi) is 3.79. The molecule has 0 bridgehead atoms. The Morgan fingerprint density at radius 2 is 2.00 bits per heavy atom. The van der Waals surface area contributed by atoms with Gasteiger partial charge in [-0.3, -0.25) is 0 Å². The summed E-state index contributed by atoms with van der Waals surface area (Å²) < 4.78 is 0. The van der Waals surface area contributed by atoms with Crippen LogP contribution in [0.3, 0.4) is 0 Å². The van der Waals surface area contributed by atoms with Gasteiger partial charge in [-0.25, -0.2) is 4.98 Å². The second-order valence-corrected chi connectivity index (χ2v) is 5.56. The molecular formula is C12H17N3S. The zero-order valence-electron chi connectivity index (χ0n) is 9.62. The van der Waals surface area contributed by atoms with E-state index in [0.29, 0.717) is 6.04 Å². The summed E-state index contributed by atoms with van der Waals surface area (Å²) in [5.41, 5.74) is 0. The molecule has 0 radical (unpaired) electrons. The van der Waals surface area contributed by atoms with Crippen LogP contribution in [0.25, 0.3) is 0 Å². The van der Waals surface area contributed by atoms with Crippen molar-refractivity contribution in [3.8, 4) is 6.07 Å². The quantitative estimate of drug-likeness (QED) is 0.799. The van der Waals surface area contributed by atoms with Crippen molar-refractivity contribution >= 4 is 17.2 Å². The molecule has 2 rings (SSSR count). The topological polar surface area (TPSA) is 48.7 Å². The van der Waals surface area contributed by atoms with E-state index in [1.165, 1.54) is 49.9 Å². The third-order valence-electron chi connectivity index (χ3n) is 3.03. The van der Waals surface area contributed by atoms with Crippen molar-refractivity contribution in [2.24, 2.45) is 0 Å². The Morgan fingerprint density at radius 1 is 1.31 bits per heavy atom. The van der Waals surface area contributed by atoms with Gasteiger partial charge >= 0.3 is 0 Å². The summed E-state index contributed by atoms with van der Waals surface area (Å²) in [6.45, 7) is 1.95. The van der Waals surface area contributed by atoms with E-state index in [9.17, 15) is 0 Å². The molecule has 0 aromatic carbocycles. The summed E-state index contributed by atoms with van der Waals surface area (Å²) in [6.07, 6.45) is 7.70. The predicted octanol–water partition coefficient (Wildman–Crippen LogP) is 3.46. The van der Waals surface area contributed by atoms with Crippen LogP contribution in [0.1, 0.15) is 48.4 Å². The summed E-state index contributed by atoms with van der Waals surface area (Å²) >= 11 is 1.47. The van der Waals surface area contributed by atoms with Gasteiger partial charge in [0.1, 0.15) is 10.9 Å². The summed E-state index contributed by atoms with van der Waals surface area (Å²) in [7, 11) is 0. The first-order chi connectivity index (χ1) is 7.79. The molecule has 0 spiro atoms. The van der Waals surface area contributed by atoms with E-state index in [2.05, 4.69) is 16.4 Å². The Bertz CT molecular complexity index is 383. The van der Waals surface area contributed by atoms with E-state index >= 15 is 0 Å². The third kappa shape index (κ3) is 2.73. The lowest BCUT2D eigenvalue weighted by atomic mass is 10.1. The number of aryl methyl sites for hydroxylation is 1. The van der Waals surface area contributed by atoms with Crippen LogP contribution < -0.4 is 5.32 Å². The van der Waals surface area contributed by atoms with Crippen LogP contribution in [0, 0.1) is 18.3 Å². The normalized spacial score (nSPS) is 17.8. The van der Waals surface area contributed by atoms with Crippen LogP contribution in [0.2, 0.25) is 0 Å². The Hall–Kier alpha value is -1.08. The molecule has 0 amide bonds. The molecule has 1 heterocycles. The van der Waals surface area contributed by atoms with E-state index in [1.54, 1.807) is 0 Å². The monoisotopic (exact) mass is 235 g/mol. The third-order valence-corrected chi connectivity index (χ3v) is 3.91. The van der Waals surface area contributed by atoms with E-state index < -0.39 is 0 Å². The molecule has 16 heavy (non-hydrogen) atoms. The minimum Gasteiger partial charge on any atom is -0.366 e. The first kappa shape index (κ1) is 11.4. The average Bonchev–Trinajstić information content (AvgIpc) is 2.49.